The van der Waals surface area contributed by atoms with Crippen molar-refractivity contribution in [2.75, 3.05) is 18.8 Å². The van der Waals surface area contributed by atoms with Gasteiger partial charge in [-0.15, -0.1) is 0 Å². The molecule has 6 nitrogen and oxygen atoms in total. The highest BCUT2D eigenvalue weighted by molar-refractivity contribution is 7.90. The topological polar surface area (TPSA) is 86.7 Å². The Hall–Kier alpha value is -1.44. The number of nitrogens with zero attached hydrogens (tertiary/aromatic N) is 1. The molecule has 20 heavy (non-hydrogen) atoms. The first kappa shape index (κ1) is 15.0. The van der Waals surface area contributed by atoms with Crippen LogP contribution in [0.4, 0.5) is 0 Å². The monoisotopic (exact) mass is 298 g/mol. The van der Waals surface area contributed by atoms with E-state index in [9.17, 15) is 13.2 Å². The molecule has 1 atom stereocenters. The zero-order valence-corrected chi connectivity index (χ0v) is 11.8. The van der Waals surface area contributed by atoms with Crippen LogP contribution in [0.15, 0.2) is 30.3 Å². The van der Waals surface area contributed by atoms with E-state index in [4.69, 9.17) is 5.11 Å². The lowest BCUT2D eigenvalue weighted by molar-refractivity contribution is -0.134. The molecule has 0 aliphatic carbocycles. The Morgan fingerprint density at radius 1 is 1.35 bits per heavy atom. The van der Waals surface area contributed by atoms with Crippen LogP contribution in [0.1, 0.15) is 12.0 Å². The zero-order valence-electron chi connectivity index (χ0n) is 11.0. The standard InChI is InChI=1S/C13H18N2O4S/c16-13(17)10-20(18,19)14-12-6-7-15(9-12)8-11-4-2-1-3-5-11/h1-5,12,14H,6-10H2,(H,16,17). The number of carboxylic acid groups (broad SMARTS) is 1. The summed E-state index contributed by atoms with van der Waals surface area (Å²) in [7, 11) is -3.74. The Balaban J connectivity index is 1.85. The number of hydrogen-bond acceptors (Lipinski definition) is 4. The fraction of sp³-hybridized carbons (Fsp3) is 0.462. The number of nitrogens with one attached hydrogen (secondary N) is 1. The van der Waals surface area contributed by atoms with Crippen LogP contribution in [0.25, 0.3) is 0 Å². The third-order valence-corrected chi connectivity index (χ3v) is 4.50. The molecule has 1 aromatic rings. The van der Waals surface area contributed by atoms with Crippen molar-refractivity contribution in [3.05, 3.63) is 35.9 Å². The summed E-state index contributed by atoms with van der Waals surface area (Å²) in [6.07, 6.45) is 0.700. The van der Waals surface area contributed by atoms with Crippen LogP contribution in [0.2, 0.25) is 0 Å². The van der Waals surface area contributed by atoms with Gasteiger partial charge in [0.15, 0.2) is 5.75 Å². The van der Waals surface area contributed by atoms with Crippen LogP contribution in [0.5, 0.6) is 0 Å². The summed E-state index contributed by atoms with van der Waals surface area (Å²) < 4.78 is 25.6. The maximum absolute atomic E-state index is 11.6. The molecule has 110 valence electrons. The fourth-order valence-corrected chi connectivity index (χ4v) is 3.48. The van der Waals surface area contributed by atoms with E-state index in [-0.39, 0.29) is 6.04 Å². The van der Waals surface area contributed by atoms with Gasteiger partial charge in [-0.1, -0.05) is 30.3 Å². The van der Waals surface area contributed by atoms with Gasteiger partial charge in [-0.2, -0.15) is 0 Å². The number of rotatable bonds is 6. The Morgan fingerprint density at radius 3 is 2.70 bits per heavy atom. The van der Waals surface area contributed by atoms with Crippen molar-refractivity contribution in [3.8, 4) is 0 Å². The largest absolute Gasteiger partial charge is 0.480 e. The number of likely N-dealkylation sites (tertiary alicyclic amines) is 1. The second-order valence-electron chi connectivity index (χ2n) is 4.98. The SMILES string of the molecule is O=C(O)CS(=O)(=O)NC1CCN(Cc2ccccc2)C1. The van der Waals surface area contributed by atoms with Gasteiger partial charge in [0.1, 0.15) is 0 Å². The molecular formula is C13H18N2O4S. The normalized spacial score (nSPS) is 20.1. The summed E-state index contributed by atoms with van der Waals surface area (Å²) in [5, 5.41) is 8.54. The molecule has 0 radical (unpaired) electrons. The molecule has 0 bridgehead atoms. The van der Waals surface area contributed by atoms with Gasteiger partial charge >= 0.3 is 5.97 Å². The smallest absolute Gasteiger partial charge is 0.320 e. The van der Waals surface area contributed by atoms with E-state index in [0.29, 0.717) is 13.0 Å². The Morgan fingerprint density at radius 2 is 2.05 bits per heavy atom. The third kappa shape index (κ3) is 4.59. The first-order chi connectivity index (χ1) is 9.44. The van der Waals surface area contributed by atoms with Gasteiger partial charge in [0.05, 0.1) is 0 Å². The van der Waals surface area contributed by atoms with Crippen molar-refractivity contribution >= 4 is 16.0 Å². The van der Waals surface area contributed by atoms with E-state index in [0.717, 1.165) is 13.1 Å². The molecule has 1 heterocycles. The highest BCUT2D eigenvalue weighted by atomic mass is 32.2. The molecule has 1 aliphatic rings. The lowest BCUT2D eigenvalue weighted by Crippen LogP contribution is -2.39. The molecule has 7 heteroatoms. The van der Waals surface area contributed by atoms with Crippen LogP contribution in [0.3, 0.4) is 0 Å². The van der Waals surface area contributed by atoms with Gasteiger partial charge in [0.2, 0.25) is 10.0 Å². The second-order valence-corrected chi connectivity index (χ2v) is 6.73. The van der Waals surface area contributed by atoms with Crippen molar-refractivity contribution in [2.45, 2.75) is 19.0 Å². The summed E-state index contributed by atoms with van der Waals surface area (Å²) >= 11 is 0. The first-order valence-electron chi connectivity index (χ1n) is 6.43. The molecule has 2 rings (SSSR count). The number of sulfonamides is 1. The Bertz CT molecular complexity index is 559. The average Bonchev–Trinajstić information content (AvgIpc) is 2.75. The predicted molar refractivity (Wildman–Crippen MR) is 74.7 cm³/mol. The van der Waals surface area contributed by atoms with Crippen LogP contribution < -0.4 is 4.72 Å². The van der Waals surface area contributed by atoms with Crippen molar-refractivity contribution in [1.29, 1.82) is 0 Å². The molecule has 1 unspecified atom stereocenters. The average molecular weight is 298 g/mol. The minimum atomic E-state index is -3.74. The molecule has 0 amide bonds. The molecule has 0 saturated carbocycles. The van der Waals surface area contributed by atoms with E-state index in [1.54, 1.807) is 0 Å². The Labute approximate surface area is 118 Å². The minimum Gasteiger partial charge on any atom is -0.480 e. The fourth-order valence-electron chi connectivity index (χ4n) is 2.37. The first-order valence-corrected chi connectivity index (χ1v) is 8.08. The third-order valence-electron chi connectivity index (χ3n) is 3.18. The lowest BCUT2D eigenvalue weighted by Gasteiger charge is -2.16. The molecule has 1 aliphatic heterocycles. The Kier molecular flexibility index (Phi) is 4.74. The summed E-state index contributed by atoms with van der Waals surface area (Å²) in [6.45, 7) is 2.18. The summed E-state index contributed by atoms with van der Waals surface area (Å²) in [5.74, 6) is -2.21. The van der Waals surface area contributed by atoms with Gasteiger partial charge in [-0.25, -0.2) is 13.1 Å². The van der Waals surface area contributed by atoms with Crippen LogP contribution in [-0.4, -0.2) is 49.3 Å². The minimum absolute atomic E-state index is 0.205. The molecule has 1 saturated heterocycles. The van der Waals surface area contributed by atoms with Crippen LogP contribution in [0, 0.1) is 0 Å². The van der Waals surface area contributed by atoms with E-state index >= 15 is 0 Å². The predicted octanol–water partition coefficient (Wildman–Crippen LogP) is 0.265. The number of hydrogen-bond donors (Lipinski definition) is 2. The van der Waals surface area contributed by atoms with Crippen molar-refractivity contribution in [2.24, 2.45) is 0 Å². The quantitative estimate of drug-likeness (QED) is 0.787. The number of carbonyl (C=O) groups is 1. The highest BCUT2D eigenvalue weighted by Gasteiger charge is 2.27. The van der Waals surface area contributed by atoms with E-state index in [1.807, 2.05) is 30.3 Å². The molecule has 0 aromatic heterocycles. The second kappa shape index (κ2) is 6.34. The van der Waals surface area contributed by atoms with E-state index in [2.05, 4.69) is 9.62 Å². The van der Waals surface area contributed by atoms with Gasteiger partial charge in [-0.05, 0) is 12.0 Å². The molecule has 1 fully saturated rings. The van der Waals surface area contributed by atoms with Crippen LogP contribution >= 0.6 is 0 Å². The maximum Gasteiger partial charge on any atom is 0.320 e. The van der Waals surface area contributed by atoms with E-state index < -0.39 is 21.7 Å². The molecule has 2 N–H and O–H groups in total. The summed E-state index contributed by atoms with van der Waals surface area (Å²) in [6, 6.07) is 9.75. The molecular weight excluding hydrogens is 280 g/mol. The van der Waals surface area contributed by atoms with E-state index in [1.165, 1.54) is 5.56 Å². The van der Waals surface area contributed by atoms with Crippen molar-refractivity contribution < 1.29 is 18.3 Å². The lowest BCUT2D eigenvalue weighted by atomic mass is 10.2. The summed E-state index contributed by atoms with van der Waals surface area (Å²) in [4.78, 5) is 12.6. The zero-order chi connectivity index (χ0) is 14.6. The van der Waals surface area contributed by atoms with Gasteiger partial charge in [0.25, 0.3) is 0 Å². The van der Waals surface area contributed by atoms with Gasteiger partial charge in [0, 0.05) is 25.7 Å². The van der Waals surface area contributed by atoms with Crippen molar-refractivity contribution in [3.63, 3.8) is 0 Å². The maximum atomic E-state index is 11.6. The highest BCUT2D eigenvalue weighted by Crippen LogP contribution is 2.14. The van der Waals surface area contributed by atoms with Gasteiger partial charge < -0.3 is 5.11 Å². The van der Waals surface area contributed by atoms with Crippen molar-refractivity contribution in [1.82, 2.24) is 9.62 Å². The van der Waals surface area contributed by atoms with Crippen LogP contribution in [-0.2, 0) is 21.4 Å². The molecule has 0 spiro atoms. The molecule has 1 aromatic carbocycles. The number of benzene rings is 1. The number of carboxylic acids is 1. The number of aliphatic carboxylic acids is 1. The van der Waals surface area contributed by atoms with Gasteiger partial charge in [-0.3, -0.25) is 9.69 Å². The summed E-state index contributed by atoms with van der Waals surface area (Å²) in [5.41, 5.74) is 1.18.